The molecular weight excluding hydrogens is 423 g/mol. The normalized spacial score (nSPS) is 16.4. The quantitative estimate of drug-likeness (QED) is 0.624. The van der Waals surface area contributed by atoms with E-state index in [4.69, 9.17) is 4.74 Å². The molecule has 3 aromatic rings. The Morgan fingerprint density at radius 2 is 1.91 bits per heavy atom. The van der Waals surface area contributed by atoms with Gasteiger partial charge in [0, 0.05) is 43.3 Å². The molecule has 1 fully saturated rings. The first-order valence-electron chi connectivity index (χ1n) is 10.3. The number of ether oxygens (including phenoxy) is 1. The smallest absolute Gasteiger partial charge is 0.343 e. The van der Waals surface area contributed by atoms with Crippen molar-refractivity contribution in [1.29, 1.82) is 0 Å². The zero-order valence-electron chi connectivity index (χ0n) is 17.6. The number of aromatic nitrogens is 1. The number of pyridine rings is 1. The number of anilines is 1. The fourth-order valence-electron chi connectivity index (χ4n) is 3.96. The van der Waals surface area contributed by atoms with Gasteiger partial charge in [-0.1, -0.05) is 0 Å². The van der Waals surface area contributed by atoms with Crippen molar-refractivity contribution in [2.45, 2.75) is 19.9 Å². The van der Waals surface area contributed by atoms with Crippen molar-refractivity contribution in [3.8, 4) is 5.69 Å². The van der Waals surface area contributed by atoms with E-state index < -0.39 is 28.8 Å². The highest BCUT2D eigenvalue weighted by Gasteiger charge is 2.24. The van der Waals surface area contributed by atoms with Crippen LogP contribution in [0.3, 0.4) is 0 Å². The third-order valence-electron chi connectivity index (χ3n) is 5.45. The lowest BCUT2D eigenvalue weighted by atomic mass is 10.1. The number of rotatable bonds is 4. The molecule has 32 heavy (non-hydrogen) atoms. The molecule has 4 rings (SSSR count). The minimum Gasteiger partial charge on any atom is -0.462 e. The summed E-state index contributed by atoms with van der Waals surface area (Å²) in [7, 11) is 0. The number of halogens is 3. The Morgan fingerprint density at radius 1 is 1.16 bits per heavy atom. The summed E-state index contributed by atoms with van der Waals surface area (Å²) in [4.78, 5) is 27.2. The summed E-state index contributed by atoms with van der Waals surface area (Å²) in [6, 6.07) is 5.60. The summed E-state index contributed by atoms with van der Waals surface area (Å²) in [6.45, 7) is 5.31. The van der Waals surface area contributed by atoms with E-state index in [1.54, 1.807) is 6.92 Å². The average Bonchev–Trinajstić information content (AvgIpc) is 2.74. The molecule has 2 aromatic carbocycles. The summed E-state index contributed by atoms with van der Waals surface area (Å²) in [5.41, 5.74) is -0.739. The molecule has 0 radical (unpaired) electrons. The lowest BCUT2D eigenvalue weighted by molar-refractivity contribution is 0.0524. The second kappa shape index (κ2) is 8.66. The van der Waals surface area contributed by atoms with Crippen LogP contribution >= 0.6 is 0 Å². The van der Waals surface area contributed by atoms with Crippen LogP contribution in [-0.4, -0.2) is 42.8 Å². The highest BCUT2D eigenvalue weighted by atomic mass is 19.1. The summed E-state index contributed by atoms with van der Waals surface area (Å²) in [5, 5.41) is 3.17. The van der Waals surface area contributed by atoms with E-state index >= 15 is 4.39 Å². The van der Waals surface area contributed by atoms with E-state index in [-0.39, 0.29) is 40.5 Å². The predicted octanol–water partition coefficient (Wildman–Crippen LogP) is 3.38. The number of piperazine rings is 1. The van der Waals surface area contributed by atoms with Crippen molar-refractivity contribution in [3.63, 3.8) is 0 Å². The maximum Gasteiger partial charge on any atom is 0.343 e. The van der Waals surface area contributed by atoms with Crippen molar-refractivity contribution >= 4 is 22.6 Å². The van der Waals surface area contributed by atoms with Gasteiger partial charge < -0.3 is 19.5 Å². The van der Waals surface area contributed by atoms with Crippen molar-refractivity contribution in [1.82, 2.24) is 9.88 Å². The van der Waals surface area contributed by atoms with Crippen LogP contribution < -0.4 is 15.6 Å². The minimum atomic E-state index is -0.906. The van der Waals surface area contributed by atoms with Crippen LogP contribution in [0, 0.1) is 17.5 Å². The monoisotopic (exact) mass is 445 g/mol. The maximum absolute atomic E-state index is 15.1. The Balaban J connectivity index is 2.01. The lowest BCUT2D eigenvalue weighted by Crippen LogP contribution is -2.49. The van der Waals surface area contributed by atoms with Crippen LogP contribution in [-0.2, 0) is 4.74 Å². The fourth-order valence-corrected chi connectivity index (χ4v) is 3.96. The van der Waals surface area contributed by atoms with Gasteiger partial charge in [-0.3, -0.25) is 4.79 Å². The van der Waals surface area contributed by atoms with E-state index in [1.165, 1.54) is 16.7 Å². The Labute approximate surface area is 182 Å². The van der Waals surface area contributed by atoms with Crippen LogP contribution in [0.4, 0.5) is 18.9 Å². The van der Waals surface area contributed by atoms with Gasteiger partial charge in [0.1, 0.15) is 23.0 Å². The molecule has 0 spiro atoms. The number of carbonyl (C=O) groups is 1. The van der Waals surface area contributed by atoms with Gasteiger partial charge in [-0.2, -0.15) is 0 Å². The highest BCUT2D eigenvalue weighted by Crippen LogP contribution is 2.28. The number of benzene rings is 2. The minimum absolute atomic E-state index is 0.0235. The summed E-state index contributed by atoms with van der Waals surface area (Å²) < 4.78 is 49.5. The van der Waals surface area contributed by atoms with Crippen molar-refractivity contribution in [2.75, 3.05) is 31.1 Å². The number of nitrogens with zero attached hydrogens (tertiary/aromatic N) is 2. The summed E-state index contributed by atoms with van der Waals surface area (Å²) >= 11 is 0. The summed E-state index contributed by atoms with van der Waals surface area (Å²) in [5.74, 6) is -3.21. The van der Waals surface area contributed by atoms with E-state index in [9.17, 15) is 18.4 Å². The highest BCUT2D eigenvalue weighted by molar-refractivity contribution is 5.95. The van der Waals surface area contributed by atoms with Crippen molar-refractivity contribution in [3.05, 3.63) is 69.8 Å². The van der Waals surface area contributed by atoms with E-state index in [0.29, 0.717) is 25.7 Å². The van der Waals surface area contributed by atoms with Crippen LogP contribution in [0.2, 0.25) is 0 Å². The van der Waals surface area contributed by atoms with Gasteiger partial charge in [0.25, 0.3) is 0 Å². The van der Waals surface area contributed by atoms with Crippen LogP contribution in [0.1, 0.15) is 24.2 Å². The topological polar surface area (TPSA) is 63.6 Å². The molecule has 0 saturated carbocycles. The molecule has 1 aliphatic heterocycles. The molecule has 1 atom stereocenters. The fraction of sp³-hybridized carbons (Fsp3) is 0.304. The van der Waals surface area contributed by atoms with Gasteiger partial charge in [-0.25, -0.2) is 18.0 Å². The molecular formula is C23H22F3N3O3. The van der Waals surface area contributed by atoms with Gasteiger partial charge in [-0.15, -0.1) is 0 Å². The largest absolute Gasteiger partial charge is 0.462 e. The molecule has 1 saturated heterocycles. The molecule has 6 nitrogen and oxygen atoms in total. The van der Waals surface area contributed by atoms with Crippen LogP contribution in [0.15, 0.2) is 41.3 Å². The van der Waals surface area contributed by atoms with Crippen LogP contribution in [0.25, 0.3) is 16.6 Å². The van der Waals surface area contributed by atoms with Crippen LogP contribution in [0.5, 0.6) is 0 Å². The lowest BCUT2D eigenvalue weighted by Gasteiger charge is -2.34. The molecule has 1 aliphatic rings. The molecule has 168 valence electrons. The molecule has 0 unspecified atom stereocenters. The number of esters is 1. The second-order valence-corrected chi connectivity index (χ2v) is 7.68. The molecule has 0 amide bonds. The molecule has 0 bridgehead atoms. The Kier molecular flexibility index (Phi) is 5.92. The standard InChI is InChI=1S/C23H22F3N3O3/c1-3-32-23(31)16-12-29(19-5-4-14(24)8-17(19)25)20-10-21(18(26)9-15(20)22(16)30)28-7-6-27-13(2)11-28/h4-5,8-10,12-13,27H,3,6-7,11H2,1-2H3/t13-/m1/s1. The number of fused-ring (bicyclic) bond motifs is 1. The number of carbonyl (C=O) groups excluding carboxylic acids is 1. The SMILES string of the molecule is CCOC(=O)c1cn(-c2ccc(F)cc2F)c2cc(N3CCN[C@H](C)C3)c(F)cc2c1=O. The molecule has 1 aromatic heterocycles. The predicted molar refractivity (Wildman–Crippen MR) is 115 cm³/mol. The van der Waals surface area contributed by atoms with Gasteiger partial charge >= 0.3 is 5.97 Å². The maximum atomic E-state index is 15.1. The van der Waals surface area contributed by atoms with E-state index in [0.717, 1.165) is 18.3 Å². The first kappa shape index (κ1) is 21.9. The zero-order chi connectivity index (χ0) is 23.0. The first-order valence-corrected chi connectivity index (χ1v) is 10.3. The number of hydrogen-bond acceptors (Lipinski definition) is 5. The van der Waals surface area contributed by atoms with E-state index in [1.807, 2.05) is 11.8 Å². The Hall–Kier alpha value is -3.33. The third-order valence-corrected chi connectivity index (χ3v) is 5.45. The summed E-state index contributed by atoms with van der Waals surface area (Å²) in [6.07, 6.45) is 1.15. The van der Waals surface area contributed by atoms with E-state index in [2.05, 4.69) is 5.32 Å². The second-order valence-electron chi connectivity index (χ2n) is 7.68. The Morgan fingerprint density at radius 3 is 2.59 bits per heavy atom. The third kappa shape index (κ3) is 3.95. The molecule has 9 heteroatoms. The molecule has 2 heterocycles. The van der Waals surface area contributed by atoms with Gasteiger partial charge in [0.2, 0.25) is 5.43 Å². The molecule has 1 N–H and O–H groups in total. The number of nitrogens with one attached hydrogen (secondary N) is 1. The van der Waals surface area contributed by atoms with Crippen molar-refractivity contribution < 1.29 is 22.7 Å². The number of hydrogen-bond donors (Lipinski definition) is 1. The Bertz CT molecular complexity index is 1260. The van der Waals surface area contributed by atoms with Gasteiger partial charge in [-0.05, 0) is 38.1 Å². The first-order chi connectivity index (χ1) is 15.3. The van der Waals surface area contributed by atoms with Gasteiger partial charge in [0.05, 0.1) is 23.5 Å². The van der Waals surface area contributed by atoms with Crippen molar-refractivity contribution in [2.24, 2.45) is 0 Å². The molecule has 0 aliphatic carbocycles. The van der Waals surface area contributed by atoms with Gasteiger partial charge in [0.15, 0.2) is 0 Å². The zero-order valence-corrected chi connectivity index (χ0v) is 17.6. The average molecular weight is 445 g/mol.